The molecule has 2 amide bonds. The van der Waals surface area contributed by atoms with Gasteiger partial charge in [0.05, 0.1) is 11.3 Å². The van der Waals surface area contributed by atoms with E-state index in [9.17, 15) is 9.59 Å². The van der Waals surface area contributed by atoms with Gasteiger partial charge in [0, 0.05) is 11.1 Å². The largest absolute Gasteiger partial charge is 0.268 e. The zero-order chi connectivity index (χ0) is 17.2. The molecule has 1 aliphatic rings. The van der Waals surface area contributed by atoms with Crippen LogP contribution in [0.4, 0.5) is 5.69 Å². The number of para-hydroxylation sites is 1. The third kappa shape index (κ3) is 2.66. The van der Waals surface area contributed by atoms with Gasteiger partial charge in [-0.3, -0.25) is 9.59 Å². The summed E-state index contributed by atoms with van der Waals surface area (Å²) in [6.07, 6.45) is 1.83. The van der Waals surface area contributed by atoms with Crippen LogP contribution in [-0.4, -0.2) is 11.8 Å². The Balaban J connectivity index is 1.82. The van der Waals surface area contributed by atoms with Gasteiger partial charge in [0.25, 0.3) is 11.8 Å². The van der Waals surface area contributed by atoms with Crippen LogP contribution in [0.25, 0.3) is 11.6 Å². The second-order valence-corrected chi connectivity index (χ2v) is 5.80. The first-order chi connectivity index (χ1) is 12.3. The van der Waals surface area contributed by atoms with Crippen molar-refractivity contribution in [1.29, 1.82) is 0 Å². The van der Waals surface area contributed by atoms with Crippen molar-refractivity contribution in [2.45, 2.75) is 0 Å². The first-order valence-corrected chi connectivity index (χ1v) is 8.06. The van der Waals surface area contributed by atoms with E-state index in [-0.39, 0.29) is 11.8 Å². The average Bonchev–Trinajstić information content (AvgIpc) is 2.95. The highest BCUT2D eigenvalue weighted by molar-refractivity contribution is 6.43. The van der Waals surface area contributed by atoms with E-state index in [1.165, 1.54) is 4.90 Å². The summed E-state index contributed by atoms with van der Waals surface area (Å²) in [4.78, 5) is 27.2. The first kappa shape index (κ1) is 15.1. The molecule has 0 N–H and O–H groups in total. The Labute approximate surface area is 145 Å². The van der Waals surface area contributed by atoms with Gasteiger partial charge in [-0.1, -0.05) is 66.7 Å². The summed E-state index contributed by atoms with van der Waals surface area (Å²) in [5.41, 5.74) is 3.36. The summed E-state index contributed by atoms with van der Waals surface area (Å²) in [5, 5.41) is 0. The Morgan fingerprint density at radius 2 is 1.36 bits per heavy atom. The minimum Gasteiger partial charge on any atom is -0.268 e. The predicted molar refractivity (Wildman–Crippen MR) is 99.0 cm³/mol. The van der Waals surface area contributed by atoms with Gasteiger partial charge in [-0.15, -0.1) is 0 Å². The number of benzene rings is 3. The number of imide groups is 1. The van der Waals surface area contributed by atoms with E-state index in [1.807, 2.05) is 60.7 Å². The molecule has 120 valence electrons. The summed E-state index contributed by atoms with van der Waals surface area (Å²) in [5.74, 6) is -0.603. The van der Waals surface area contributed by atoms with Crippen LogP contribution in [0.1, 0.15) is 21.5 Å². The van der Waals surface area contributed by atoms with Crippen LogP contribution in [0, 0.1) is 0 Å². The molecule has 0 fully saturated rings. The molecule has 0 saturated carbocycles. The van der Waals surface area contributed by atoms with E-state index >= 15 is 0 Å². The lowest BCUT2D eigenvalue weighted by Gasteiger charge is -2.15. The standard InChI is InChI=1S/C22H15NO2/c24-21(17-11-5-2-6-12-17)23-20-14-8-7-13-18(20)19(22(23)25)15-16-9-3-1-4-10-16/h1-15H. The maximum Gasteiger partial charge on any atom is 0.266 e. The highest BCUT2D eigenvalue weighted by atomic mass is 16.2. The van der Waals surface area contributed by atoms with Gasteiger partial charge in [-0.05, 0) is 29.8 Å². The van der Waals surface area contributed by atoms with Gasteiger partial charge < -0.3 is 0 Å². The van der Waals surface area contributed by atoms with Crippen molar-refractivity contribution in [3.8, 4) is 0 Å². The van der Waals surface area contributed by atoms with E-state index in [4.69, 9.17) is 0 Å². The minimum absolute atomic E-state index is 0.293. The topological polar surface area (TPSA) is 37.4 Å². The van der Waals surface area contributed by atoms with Gasteiger partial charge in [0.2, 0.25) is 0 Å². The number of carbonyl (C=O) groups excluding carboxylic acids is 2. The summed E-state index contributed by atoms with van der Waals surface area (Å²) < 4.78 is 0. The Morgan fingerprint density at radius 1 is 0.760 bits per heavy atom. The van der Waals surface area contributed by atoms with Crippen LogP contribution < -0.4 is 4.90 Å². The Hall–Kier alpha value is -3.46. The normalized spacial score (nSPS) is 14.6. The summed E-state index contributed by atoms with van der Waals surface area (Å²) in [6.45, 7) is 0. The van der Waals surface area contributed by atoms with Crippen LogP contribution in [0.5, 0.6) is 0 Å². The maximum absolute atomic E-state index is 13.0. The minimum atomic E-state index is -0.311. The molecular weight excluding hydrogens is 310 g/mol. The molecule has 1 aliphatic heterocycles. The van der Waals surface area contributed by atoms with E-state index in [0.29, 0.717) is 16.8 Å². The molecule has 3 aromatic carbocycles. The number of carbonyl (C=O) groups is 2. The Kier molecular flexibility index (Phi) is 3.75. The molecule has 3 aromatic rings. The van der Waals surface area contributed by atoms with E-state index in [0.717, 1.165) is 11.1 Å². The Bertz CT molecular complexity index is 975. The lowest BCUT2D eigenvalue weighted by atomic mass is 10.0. The van der Waals surface area contributed by atoms with Gasteiger partial charge in [0.15, 0.2) is 0 Å². The van der Waals surface area contributed by atoms with Crippen molar-refractivity contribution in [2.75, 3.05) is 4.90 Å². The van der Waals surface area contributed by atoms with Crippen LogP contribution in [0.2, 0.25) is 0 Å². The second kappa shape index (κ2) is 6.21. The van der Waals surface area contributed by atoms with Crippen molar-refractivity contribution in [2.24, 2.45) is 0 Å². The fourth-order valence-corrected chi connectivity index (χ4v) is 3.01. The molecule has 0 radical (unpaired) electrons. The highest BCUT2D eigenvalue weighted by Gasteiger charge is 2.36. The SMILES string of the molecule is O=C1C(=Cc2ccccc2)c2ccccc2N1C(=O)c1ccccc1. The lowest BCUT2D eigenvalue weighted by molar-refractivity contribution is -0.112. The summed E-state index contributed by atoms with van der Waals surface area (Å²) in [7, 11) is 0. The van der Waals surface area contributed by atoms with Crippen LogP contribution in [0.15, 0.2) is 84.9 Å². The molecule has 1 heterocycles. The fraction of sp³-hybridized carbons (Fsp3) is 0. The van der Waals surface area contributed by atoms with Crippen molar-refractivity contribution >= 4 is 29.2 Å². The number of amides is 2. The molecule has 3 heteroatoms. The molecular formula is C22H15NO2. The number of fused-ring (bicyclic) bond motifs is 1. The van der Waals surface area contributed by atoms with E-state index in [1.54, 1.807) is 30.3 Å². The molecule has 0 saturated heterocycles. The molecule has 0 unspecified atom stereocenters. The van der Waals surface area contributed by atoms with Crippen molar-refractivity contribution in [1.82, 2.24) is 0 Å². The van der Waals surface area contributed by atoms with Crippen molar-refractivity contribution in [3.63, 3.8) is 0 Å². The third-order valence-electron chi connectivity index (χ3n) is 4.20. The Morgan fingerprint density at radius 3 is 2.08 bits per heavy atom. The smallest absolute Gasteiger partial charge is 0.266 e. The summed E-state index contributed by atoms with van der Waals surface area (Å²) in [6, 6.07) is 25.9. The van der Waals surface area contributed by atoms with Gasteiger partial charge in [0.1, 0.15) is 0 Å². The molecule has 0 spiro atoms. The zero-order valence-corrected chi connectivity index (χ0v) is 13.4. The van der Waals surface area contributed by atoms with Gasteiger partial charge >= 0.3 is 0 Å². The van der Waals surface area contributed by atoms with Gasteiger partial charge in [-0.25, -0.2) is 4.90 Å². The van der Waals surface area contributed by atoms with Gasteiger partial charge in [-0.2, -0.15) is 0 Å². The second-order valence-electron chi connectivity index (χ2n) is 5.80. The first-order valence-electron chi connectivity index (χ1n) is 8.06. The number of nitrogens with zero attached hydrogens (tertiary/aromatic N) is 1. The summed E-state index contributed by atoms with van der Waals surface area (Å²) >= 11 is 0. The molecule has 3 nitrogen and oxygen atoms in total. The maximum atomic E-state index is 13.0. The van der Waals surface area contributed by atoms with Crippen LogP contribution >= 0.6 is 0 Å². The van der Waals surface area contributed by atoms with Crippen LogP contribution in [-0.2, 0) is 4.79 Å². The predicted octanol–water partition coefficient (Wildman–Crippen LogP) is 4.41. The van der Waals surface area contributed by atoms with Crippen molar-refractivity contribution < 1.29 is 9.59 Å². The number of anilines is 1. The molecule has 0 aliphatic carbocycles. The number of hydrogen-bond acceptors (Lipinski definition) is 2. The average molecular weight is 325 g/mol. The third-order valence-corrected chi connectivity index (χ3v) is 4.20. The van der Waals surface area contributed by atoms with Crippen molar-refractivity contribution in [3.05, 3.63) is 102 Å². The molecule has 0 bridgehead atoms. The molecule has 4 rings (SSSR count). The molecule has 0 aromatic heterocycles. The quantitative estimate of drug-likeness (QED) is 0.517. The van der Waals surface area contributed by atoms with Crippen LogP contribution in [0.3, 0.4) is 0 Å². The fourth-order valence-electron chi connectivity index (χ4n) is 3.01. The molecule has 0 atom stereocenters. The monoisotopic (exact) mass is 325 g/mol. The zero-order valence-electron chi connectivity index (χ0n) is 13.4. The van der Waals surface area contributed by atoms with E-state index in [2.05, 4.69) is 0 Å². The van der Waals surface area contributed by atoms with E-state index < -0.39 is 0 Å². The number of rotatable bonds is 2. The molecule has 25 heavy (non-hydrogen) atoms. The lowest BCUT2D eigenvalue weighted by Crippen LogP contribution is -2.33. The number of hydrogen-bond donors (Lipinski definition) is 0. The highest BCUT2D eigenvalue weighted by Crippen LogP contribution is 2.38.